The molecule has 26 heavy (non-hydrogen) atoms. The van der Waals surface area contributed by atoms with Crippen LogP contribution in [0.25, 0.3) is 16.9 Å². The topological polar surface area (TPSA) is 87.3 Å². The van der Waals surface area contributed by atoms with E-state index in [1.807, 2.05) is 30.3 Å². The minimum Gasteiger partial charge on any atom is -0.462 e. The second kappa shape index (κ2) is 7.18. The molecule has 0 spiro atoms. The summed E-state index contributed by atoms with van der Waals surface area (Å²) in [4.78, 5) is 22.9. The number of aromatic nitrogens is 2. The van der Waals surface area contributed by atoms with Gasteiger partial charge < -0.3 is 4.74 Å². The number of hydrogen-bond acceptors (Lipinski definition) is 5. The van der Waals surface area contributed by atoms with Crippen LogP contribution < -0.4 is 0 Å². The van der Waals surface area contributed by atoms with Crippen LogP contribution in [0.5, 0.6) is 0 Å². The van der Waals surface area contributed by atoms with Crippen LogP contribution in [0.4, 0.5) is 5.69 Å². The highest BCUT2D eigenvalue weighted by Crippen LogP contribution is 2.28. The van der Waals surface area contributed by atoms with Crippen molar-refractivity contribution >= 4 is 11.7 Å². The Hall–Kier alpha value is -3.48. The first-order chi connectivity index (χ1) is 12.5. The molecule has 0 amide bonds. The average molecular weight is 351 g/mol. The van der Waals surface area contributed by atoms with Crippen LogP contribution in [0.3, 0.4) is 0 Å². The molecule has 0 unspecified atom stereocenters. The van der Waals surface area contributed by atoms with Gasteiger partial charge in [-0.25, -0.2) is 9.48 Å². The number of carbonyl (C=O) groups is 1. The van der Waals surface area contributed by atoms with Crippen LogP contribution in [0.1, 0.15) is 23.0 Å². The standard InChI is InChI=1S/C19H17N3O4/c1-3-26-19(23)17-13(2)21(15-9-11-16(12-10-15)22(24)25)20-18(17)14-7-5-4-6-8-14/h4-12H,3H2,1-2H3. The monoisotopic (exact) mass is 351 g/mol. The van der Waals surface area contributed by atoms with Gasteiger partial charge in [-0.2, -0.15) is 5.10 Å². The van der Waals surface area contributed by atoms with E-state index in [1.165, 1.54) is 12.1 Å². The van der Waals surface area contributed by atoms with Crippen LogP contribution in [0.15, 0.2) is 54.6 Å². The lowest BCUT2D eigenvalue weighted by Gasteiger charge is -2.05. The Labute approximate surface area is 150 Å². The predicted molar refractivity (Wildman–Crippen MR) is 96.3 cm³/mol. The Bertz CT molecular complexity index is 947. The first-order valence-corrected chi connectivity index (χ1v) is 8.10. The van der Waals surface area contributed by atoms with Crippen molar-refractivity contribution in [2.45, 2.75) is 13.8 Å². The summed E-state index contributed by atoms with van der Waals surface area (Å²) in [7, 11) is 0. The number of benzene rings is 2. The maximum Gasteiger partial charge on any atom is 0.342 e. The van der Waals surface area contributed by atoms with Crippen LogP contribution >= 0.6 is 0 Å². The zero-order valence-electron chi connectivity index (χ0n) is 14.4. The van der Waals surface area contributed by atoms with Gasteiger partial charge >= 0.3 is 5.97 Å². The van der Waals surface area contributed by atoms with Crippen molar-refractivity contribution in [2.24, 2.45) is 0 Å². The minimum absolute atomic E-state index is 0.00698. The van der Waals surface area contributed by atoms with E-state index in [1.54, 1.807) is 30.7 Å². The number of nitro benzene ring substituents is 1. The maximum atomic E-state index is 12.5. The van der Waals surface area contributed by atoms with Crippen LogP contribution in [0, 0.1) is 17.0 Å². The molecule has 0 aliphatic rings. The van der Waals surface area contributed by atoms with E-state index < -0.39 is 10.9 Å². The molecule has 7 nitrogen and oxygen atoms in total. The Morgan fingerprint density at radius 2 is 1.81 bits per heavy atom. The average Bonchev–Trinajstić information content (AvgIpc) is 3.00. The number of esters is 1. The van der Waals surface area contributed by atoms with Gasteiger partial charge in [0.15, 0.2) is 0 Å². The molecule has 3 aromatic rings. The van der Waals surface area contributed by atoms with Gasteiger partial charge in [0, 0.05) is 17.7 Å². The largest absolute Gasteiger partial charge is 0.462 e. The Morgan fingerprint density at radius 1 is 1.15 bits per heavy atom. The third-order valence-electron chi connectivity index (χ3n) is 3.95. The van der Waals surface area contributed by atoms with E-state index in [0.29, 0.717) is 22.6 Å². The molecule has 3 rings (SSSR count). The number of non-ortho nitro benzene ring substituents is 1. The van der Waals surface area contributed by atoms with E-state index in [0.717, 1.165) is 5.56 Å². The lowest BCUT2D eigenvalue weighted by molar-refractivity contribution is -0.384. The normalized spacial score (nSPS) is 10.5. The number of nitrogens with zero attached hydrogens (tertiary/aromatic N) is 3. The second-order valence-electron chi connectivity index (χ2n) is 5.58. The molecule has 0 bridgehead atoms. The van der Waals surface area contributed by atoms with Gasteiger partial charge in [-0.1, -0.05) is 30.3 Å². The fraction of sp³-hybridized carbons (Fsp3) is 0.158. The van der Waals surface area contributed by atoms with Gasteiger partial charge in [0.1, 0.15) is 11.3 Å². The first kappa shape index (κ1) is 17.3. The Kier molecular flexibility index (Phi) is 4.79. The SMILES string of the molecule is CCOC(=O)c1c(-c2ccccc2)nn(-c2ccc([N+](=O)[O-])cc2)c1C. The Morgan fingerprint density at radius 3 is 2.38 bits per heavy atom. The summed E-state index contributed by atoms with van der Waals surface area (Å²) in [5.41, 5.74) is 2.92. The summed E-state index contributed by atoms with van der Waals surface area (Å²) >= 11 is 0. The fourth-order valence-corrected chi connectivity index (χ4v) is 2.71. The zero-order chi connectivity index (χ0) is 18.7. The lowest BCUT2D eigenvalue weighted by Crippen LogP contribution is -2.07. The number of ether oxygens (including phenoxy) is 1. The number of rotatable bonds is 5. The van der Waals surface area contributed by atoms with E-state index in [2.05, 4.69) is 5.10 Å². The van der Waals surface area contributed by atoms with E-state index >= 15 is 0 Å². The van der Waals surface area contributed by atoms with Gasteiger partial charge in [0.05, 0.1) is 22.9 Å². The molecule has 0 saturated heterocycles. The van der Waals surface area contributed by atoms with Gasteiger partial charge in [-0.3, -0.25) is 10.1 Å². The van der Waals surface area contributed by atoms with Crippen molar-refractivity contribution in [3.63, 3.8) is 0 Å². The van der Waals surface area contributed by atoms with Gasteiger partial charge in [-0.05, 0) is 26.0 Å². The molecule has 0 atom stereocenters. The first-order valence-electron chi connectivity index (χ1n) is 8.10. The second-order valence-corrected chi connectivity index (χ2v) is 5.58. The lowest BCUT2D eigenvalue weighted by atomic mass is 10.1. The van der Waals surface area contributed by atoms with E-state index in [9.17, 15) is 14.9 Å². The summed E-state index contributed by atoms with van der Waals surface area (Å²) < 4.78 is 6.78. The zero-order valence-corrected chi connectivity index (χ0v) is 14.4. The predicted octanol–water partition coefficient (Wildman–Crippen LogP) is 3.93. The summed E-state index contributed by atoms with van der Waals surface area (Å²) in [5, 5.41) is 15.4. The summed E-state index contributed by atoms with van der Waals surface area (Å²) in [5.74, 6) is -0.447. The van der Waals surface area contributed by atoms with Gasteiger partial charge in [-0.15, -0.1) is 0 Å². The molecule has 7 heteroatoms. The molecule has 0 radical (unpaired) electrons. The maximum absolute atomic E-state index is 12.5. The van der Waals surface area contributed by atoms with Crippen molar-refractivity contribution in [1.82, 2.24) is 9.78 Å². The molecular weight excluding hydrogens is 334 g/mol. The molecule has 0 fully saturated rings. The minimum atomic E-state index is -0.459. The number of hydrogen-bond donors (Lipinski definition) is 0. The van der Waals surface area contributed by atoms with Crippen molar-refractivity contribution in [3.8, 4) is 16.9 Å². The molecule has 0 saturated carbocycles. The highest BCUT2D eigenvalue weighted by Gasteiger charge is 2.24. The van der Waals surface area contributed by atoms with Crippen molar-refractivity contribution in [2.75, 3.05) is 6.61 Å². The van der Waals surface area contributed by atoms with Gasteiger partial charge in [0.2, 0.25) is 0 Å². The van der Waals surface area contributed by atoms with Crippen molar-refractivity contribution in [1.29, 1.82) is 0 Å². The van der Waals surface area contributed by atoms with Gasteiger partial charge in [0.25, 0.3) is 5.69 Å². The van der Waals surface area contributed by atoms with Crippen molar-refractivity contribution in [3.05, 3.63) is 76.0 Å². The van der Waals surface area contributed by atoms with Crippen LogP contribution in [-0.2, 0) is 4.74 Å². The van der Waals surface area contributed by atoms with E-state index in [-0.39, 0.29) is 12.3 Å². The third kappa shape index (κ3) is 3.19. The summed E-state index contributed by atoms with van der Waals surface area (Å²) in [6, 6.07) is 15.4. The number of carbonyl (C=O) groups excluding carboxylic acids is 1. The molecule has 0 aliphatic carbocycles. The smallest absolute Gasteiger partial charge is 0.342 e. The number of nitro groups is 1. The Balaban J connectivity index is 2.15. The fourth-order valence-electron chi connectivity index (χ4n) is 2.71. The van der Waals surface area contributed by atoms with Crippen molar-refractivity contribution < 1.29 is 14.5 Å². The molecule has 0 N–H and O–H groups in total. The summed E-state index contributed by atoms with van der Waals surface area (Å²) in [6.07, 6.45) is 0. The highest BCUT2D eigenvalue weighted by atomic mass is 16.6. The molecule has 1 aromatic heterocycles. The molecule has 0 aliphatic heterocycles. The molecule has 1 heterocycles. The quantitative estimate of drug-likeness (QED) is 0.395. The third-order valence-corrected chi connectivity index (χ3v) is 3.95. The highest BCUT2D eigenvalue weighted by molar-refractivity contribution is 5.97. The molecule has 132 valence electrons. The molecule has 2 aromatic carbocycles. The summed E-state index contributed by atoms with van der Waals surface area (Å²) in [6.45, 7) is 3.78. The van der Waals surface area contributed by atoms with Crippen LogP contribution in [0.2, 0.25) is 0 Å². The molecular formula is C19H17N3O4. The van der Waals surface area contributed by atoms with E-state index in [4.69, 9.17) is 4.74 Å². The van der Waals surface area contributed by atoms with Crippen LogP contribution in [-0.4, -0.2) is 27.3 Å².